The van der Waals surface area contributed by atoms with Crippen molar-refractivity contribution in [1.29, 1.82) is 0 Å². The van der Waals surface area contributed by atoms with Crippen LogP contribution in [-0.4, -0.2) is 38.4 Å². The summed E-state index contributed by atoms with van der Waals surface area (Å²) in [5.74, 6) is 5.25. The molecule has 1 aliphatic heterocycles. The quantitative estimate of drug-likeness (QED) is 0.335. The maximum absolute atomic E-state index is 11.5. The van der Waals surface area contributed by atoms with Crippen LogP contribution in [0, 0.1) is 0 Å². The first-order chi connectivity index (χ1) is 9.81. The van der Waals surface area contributed by atoms with E-state index >= 15 is 0 Å². The number of para-hydroxylation sites is 1. The van der Waals surface area contributed by atoms with Crippen LogP contribution in [0.5, 0.6) is 5.75 Å². The van der Waals surface area contributed by atoms with Crippen molar-refractivity contribution < 1.29 is 19.0 Å². The number of hydrogen-bond acceptors (Lipinski definition) is 5. The summed E-state index contributed by atoms with van der Waals surface area (Å²) in [6.07, 6.45) is 2.37. The zero-order valence-electron chi connectivity index (χ0n) is 11.3. The number of nitrogens with one attached hydrogen (secondary N) is 1. The number of amides is 1. The molecule has 1 atom stereocenters. The van der Waals surface area contributed by atoms with E-state index in [2.05, 4.69) is 5.43 Å². The lowest BCUT2D eigenvalue weighted by Gasteiger charge is -2.12. The first-order valence-electron chi connectivity index (χ1n) is 6.73. The molecule has 2 rings (SSSR count). The highest BCUT2D eigenvalue weighted by atomic mass is 16.5. The number of benzene rings is 1. The summed E-state index contributed by atoms with van der Waals surface area (Å²) in [6.45, 7) is 2.25. The second-order valence-corrected chi connectivity index (χ2v) is 4.53. The molecule has 0 radical (unpaired) electrons. The zero-order valence-corrected chi connectivity index (χ0v) is 11.3. The van der Waals surface area contributed by atoms with Gasteiger partial charge in [-0.2, -0.15) is 0 Å². The Hall–Kier alpha value is -1.63. The van der Waals surface area contributed by atoms with Gasteiger partial charge in [-0.1, -0.05) is 12.1 Å². The third-order valence-electron chi connectivity index (χ3n) is 3.08. The van der Waals surface area contributed by atoms with E-state index in [-0.39, 0.29) is 12.0 Å². The zero-order chi connectivity index (χ0) is 14.2. The number of carbonyl (C=O) groups excluding carboxylic acids is 1. The van der Waals surface area contributed by atoms with Crippen LogP contribution >= 0.6 is 0 Å². The first-order valence-corrected chi connectivity index (χ1v) is 6.73. The van der Waals surface area contributed by atoms with Crippen molar-refractivity contribution in [2.45, 2.75) is 18.9 Å². The molecule has 0 spiro atoms. The number of nitrogen functional groups attached to an aromatic ring is 1. The van der Waals surface area contributed by atoms with Gasteiger partial charge in [0.1, 0.15) is 12.4 Å². The van der Waals surface area contributed by atoms with E-state index in [0.717, 1.165) is 19.4 Å². The van der Waals surface area contributed by atoms with Crippen LogP contribution in [0.4, 0.5) is 0 Å². The van der Waals surface area contributed by atoms with Gasteiger partial charge in [-0.05, 0) is 25.0 Å². The molecule has 20 heavy (non-hydrogen) atoms. The SMILES string of the molecule is NNC(=O)c1ccccc1OCCOCC1CCCO1. The lowest BCUT2D eigenvalue weighted by molar-refractivity contribution is 0.00847. The summed E-state index contributed by atoms with van der Waals surface area (Å²) in [7, 11) is 0. The average Bonchev–Trinajstić information content (AvgIpc) is 3.00. The lowest BCUT2D eigenvalue weighted by Crippen LogP contribution is -2.30. The Morgan fingerprint density at radius 3 is 3.00 bits per heavy atom. The van der Waals surface area contributed by atoms with Crippen LogP contribution in [0.25, 0.3) is 0 Å². The van der Waals surface area contributed by atoms with E-state index in [9.17, 15) is 4.79 Å². The molecule has 0 aliphatic carbocycles. The summed E-state index contributed by atoms with van der Waals surface area (Å²) < 4.78 is 16.5. The molecule has 6 nitrogen and oxygen atoms in total. The monoisotopic (exact) mass is 280 g/mol. The summed E-state index contributed by atoms with van der Waals surface area (Å²) >= 11 is 0. The van der Waals surface area contributed by atoms with Gasteiger partial charge in [-0.25, -0.2) is 5.84 Å². The van der Waals surface area contributed by atoms with Crippen molar-refractivity contribution in [1.82, 2.24) is 5.43 Å². The molecule has 1 unspecified atom stereocenters. The largest absolute Gasteiger partial charge is 0.490 e. The minimum absolute atomic E-state index is 0.213. The minimum atomic E-state index is -0.374. The second kappa shape index (κ2) is 7.84. The van der Waals surface area contributed by atoms with Crippen molar-refractivity contribution >= 4 is 5.91 Å². The fourth-order valence-corrected chi connectivity index (χ4v) is 2.06. The van der Waals surface area contributed by atoms with E-state index in [1.54, 1.807) is 24.3 Å². The molecule has 0 bridgehead atoms. The van der Waals surface area contributed by atoms with Gasteiger partial charge >= 0.3 is 0 Å². The Balaban J connectivity index is 1.72. The fraction of sp³-hybridized carbons (Fsp3) is 0.500. The minimum Gasteiger partial charge on any atom is -0.490 e. The molecule has 3 N–H and O–H groups in total. The Morgan fingerprint density at radius 2 is 2.25 bits per heavy atom. The summed E-state index contributed by atoms with van der Waals surface area (Å²) in [5, 5.41) is 0. The van der Waals surface area contributed by atoms with Crippen molar-refractivity contribution in [2.75, 3.05) is 26.4 Å². The molecule has 1 heterocycles. The smallest absolute Gasteiger partial charge is 0.268 e. The predicted molar refractivity (Wildman–Crippen MR) is 73.4 cm³/mol. The number of ether oxygens (including phenoxy) is 3. The van der Waals surface area contributed by atoms with Crippen molar-refractivity contribution in [3.05, 3.63) is 29.8 Å². The standard InChI is InChI=1S/C14H20N2O4/c15-16-14(17)12-5-1-2-6-13(12)20-9-8-18-10-11-4-3-7-19-11/h1-2,5-6,11H,3-4,7-10,15H2,(H,16,17). The normalized spacial score (nSPS) is 17.9. The van der Waals surface area contributed by atoms with E-state index in [1.165, 1.54) is 0 Å². The number of rotatable bonds is 7. The third-order valence-corrected chi connectivity index (χ3v) is 3.08. The van der Waals surface area contributed by atoms with Crippen molar-refractivity contribution in [3.8, 4) is 5.75 Å². The third kappa shape index (κ3) is 4.19. The van der Waals surface area contributed by atoms with Gasteiger partial charge in [0.25, 0.3) is 5.91 Å². The molecule has 110 valence electrons. The van der Waals surface area contributed by atoms with Crippen molar-refractivity contribution in [2.24, 2.45) is 5.84 Å². The molecule has 1 amide bonds. The van der Waals surface area contributed by atoms with E-state index in [0.29, 0.717) is 31.1 Å². The highest BCUT2D eigenvalue weighted by Gasteiger charge is 2.15. The molecule has 0 saturated carbocycles. The number of nitrogens with two attached hydrogens (primary N) is 1. The van der Waals surface area contributed by atoms with Crippen LogP contribution in [0.2, 0.25) is 0 Å². The first kappa shape index (κ1) is 14.8. The number of carbonyl (C=O) groups is 1. The van der Waals surface area contributed by atoms with Gasteiger partial charge in [0, 0.05) is 6.61 Å². The molecule has 1 aromatic carbocycles. The van der Waals surface area contributed by atoms with Crippen LogP contribution in [0.1, 0.15) is 23.2 Å². The highest BCUT2D eigenvalue weighted by Crippen LogP contribution is 2.17. The molecule has 6 heteroatoms. The van der Waals surface area contributed by atoms with Crippen LogP contribution in [-0.2, 0) is 9.47 Å². The molecule has 1 aromatic rings. The maximum Gasteiger partial charge on any atom is 0.268 e. The fourth-order valence-electron chi connectivity index (χ4n) is 2.06. The van der Waals surface area contributed by atoms with Gasteiger partial charge in [-0.3, -0.25) is 10.2 Å². The lowest BCUT2D eigenvalue weighted by atomic mass is 10.2. The van der Waals surface area contributed by atoms with Gasteiger partial charge < -0.3 is 14.2 Å². The molecular formula is C14H20N2O4. The Labute approximate surface area is 118 Å². The van der Waals surface area contributed by atoms with Gasteiger partial charge in [0.05, 0.1) is 24.9 Å². The predicted octanol–water partition coefficient (Wildman–Crippen LogP) is 0.864. The number of hydrogen-bond donors (Lipinski definition) is 2. The van der Waals surface area contributed by atoms with Crippen LogP contribution in [0.15, 0.2) is 24.3 Å². The maximum atomic E-state index is 11.5. The van der Waals surface area contributed by atoms with E-state index in [4.69, 9.17) is 20.1 Å². The summed E-state index contributed by atoms with van der Waals surface area (Å²) in [6, 6.07) is 6.94. The topological polar surface area (TPSA) is 82.8 Å². The van der Waals surface area contributed by atoms with E-state index in [1.807, 2.05) is 0 Å². The Kier molecular flexibility index (Phi) is 5.79. The van der Waals surface area contributed by atoms with Crippen LogP contribution in [0.3, 0.4) is 0 Å². The van der Waals surface area contributed by atoms with Crippen molar-refractivity contribution in [3.63, 3.8) is 0 Å². The van der Waals surface area contributed by atoms with E-state index < -0.39 is 0 Å². The highest BCUT2D eigenvalue weighted by molar-refractivity contribution is 5.96. The molecule has 1 aliphatic rings. The Morgan fingerprint density at radius 1 is 1.40 bits per heavy atom. The average molecular weight is 280 g/mol. The molecular weight excluding hydrogens is 260 g/mol. The molecule has 1 saturated heterocycles. The second-order valence-electron chi connectivity index (χ2n) is 4.53. The van der Waals surface area contributed by atoms with Gasteiger partial charge in [0.15, 0.2) is 0 Å². The summed E-state index contributed by atoms with van der Waals surface area (Å²) in [5.41, 5.74) is 2.50. The van der Waals surface area contributed by atoms with Crippen LogP contribution < -0.4 is 16.0 Å². The molecule has 0 aromatic heterocycles. The van der Waals surface area contributed by atoms with Gasteiger partial charge in [0.2, 0.25) is 0 Å². The summed E-state index contributed by atoms with van der Waals surface area (Å²) in [4.78, 5) is 11.5. The molecule has 1 fully saturated rings. The Bertz CT molecular complexity index is 433. The number of hydrazine groups is 1. The van der Waals surface area contributed by atoms with Gasteiger partial charge in [-0.15, -0.1) is 0 Å².